The van der Waals surface area contributed by atoms with Crippen LogP contribution in [-0.2, 0) is 19.5 Å². The summed E-state index contributed by atoms with van der Waals surface area (Å²) in [6, 6.07) is 10.6. The maximum absolute atomic E-state index is 5.91. The lowest BCUT2D eigenvalue weighted by Crippen LogP contribution is -2.12. The highest BCUT2D eigenvalue weighted by Gasteiger charge is 2.12. The van der Waals surface area contributed by atoms with E-state index in [1.54, 1.807) is 11.3 Å². The second-order valence-electron chi connectivity index (χ2n) is 4.44. The summed E-state index contributed by atoms with van der Waals surface area (Å²) in [7, 11) is 0. The van der Waals surface area contributed by atoms with E-state index >= 15 is 0 Å². The van der Waals surface area contributed by atoms with E-state index in [1.165, 1.54) is 21.7 Å². The molecule has 2 aromatic rings. The normalized spacial score (nSPS) is 13.4. The predicted molar refractivity (Wildman–Crippen MR) is 78.5 cm³/mol. The topological polar surface area (TPSA) is 24.1 Å². The molecule has 0 saturated heterocycles. The third-order valence-corrected chi connectivity index (χ3v) is 4.41. The molecule has 0 amide bonds. The summed E-state index contributed by atoms with van der Waals surface area (Å²) in [5.74, 6) is 0. The van der Waals surface area contributed by atoms with Crippen LogP contribution in [0.15, 0.2) is 30.3 Å². The summed E-state index contributed by atoms with van der Waals surface area (Å²) in [6.07, 6.45) is 1.14. The van der Waals surface area contributed by atoms with Gasteiger partial charge in [0.2, 0.25) is 0 Å². The largest absolute Gasteiger partial charge is 0.384 e. The third kappa shape index (κ3) is 2.53. The Kier molecular flexibility index (Phi) is 3.55. The van der Waals surface area contributed by atoms with Gasteiger partial charge in [0.05, 0.1) is 4.34 Å². The van der Waals surface area contributed by atoms with Crippen LogP contribution < -0.4 is 10.6 Å². The Bertz CT molecular complexity index is 550. The molecule has 94 valence electrons. The van der Waals surface area contributed by atoms with Crippen LogP contribution in [0.1, 0.15) is 16.0 Å². The molecule has 4 heteroatoms. The van der Waals surface area contributed by atoms with Crippen LogP contribution in [-0.4, -0.2) is 6.54 Å². The predicted octanol–water partition coefficient (Wildman–Crippen LogP) is 3.66. The van der Waals surface area contributed by atoms with Crippen LogP contribution >= 0.6 is 22.9 Å². The maximum atomic E-state index is 5.91. The Morgan fingerprint density at radius 1 is 1.22 bits per heavy atom. The Labute approximate surface area is 116 Å². The van der Waals surface area contributed by atoms with Gasteiger partial charge in [0.25, 0.3) is 0 Å². The van der Waals surface area contributed by atoms with E-state index in [1.807, 2.05) is 6.07 Å². The van der Waals surface area contributed by atoms with E-state index in [-0.39, 0.29) is 0 Å². The summed E-state index contributed by atoms with van der Waals surface area (Å²) >= 11 is 7.55. The molecule has 0 unspecified atom stereocenters. The molecule has 0 aliphatic carbocycles. The molecule has 1 aromatic heterocycles. The number of anilines is 1. The quantitative estimate of drug-likeness (QED) is 0.892. The van der Waals surface area contributed by atoms with Crippen molar-refractivity contribution in [3.63, 3.8) is 0 Å². The number of hydrogen-bond donors (Lipinski definition) is 2. The fourth-order valence-corrected chi connectivity index (χ4v) is 3.38. The zero-order valence-electron chi connectivity index (χ0n) is 10.0. The lowest BCUT2D eigenvalue weighted by atomic mass is 10.1. The van der Waals surface area contributed by atoms with E-state index in [0.717, 1.165) is 30.4 Å². The second kappa shape index (κ2) is 5.31. The first-order chi connectivity index (χ1) is 8.83. The van der Waals surface area contributed by atoms with E-state index in [0.29, 0.717) is 0 Å². The molecule has 2 nitrogen and oxygen atoms in total. The molecule has 0 saturated carbocycles. The minimum atomic E-state index is 0.856. The first kappa shape index (κ1) is 12.0. The van der Waals surface area contributed by atoms with Crippen molar-refractivity contribution in [3.8, 4) is 0 Å². The van der Waals surface area contributed by atoms with Crippen molar-refractivity contribution >= 4 is 28.6 Å². The summed E-state index contributed by atoms with van der Waals surface area (Å²) < 4.78 is 0.856. The van der Waals surface area contributed by atoms with Crippen molar-refractivity contribution in [3.05, 3.63) is 50.7 Å². The number of rotatable bonds is 4. The van der Waals surface area contributed by atoms with Gasteiger partial charge in [-0.2, -0.15) is 0 Å². The Balaban J connectivity index is 1.62. The van der Waals surface area contributed by atoms with E-state index in [2.05, 4.69) is 34.9 Å². The van der Waals surface area contributed by atoms with Gasteiger partial charge in [-0.3, -0.25) is 0 Å². The van der Waals surface area contributed by atoms with Gasteiger partial charge in [0, 0.05) is 30.2 Å². The molecule has 0 bridgehead atoms. The SMILES string of the molecule is Clc1ccc(CNCc2cccc3c2NCC3)s1. The first-order valence-corrected chi connectivity index (χ1v) is 7.32. The first-order valence-electron chi connectivity index (χ1n) is 6.12. The van der Waals surface area contributed by atoms with Crippen molar-refractivity contribution in [2.24, 2.45) is 0 Å². The molecule has 1 aliphatic heterocycles. The molecule has 3 rings (SSSR count). The molecule has 18 heavy (non-hydrogen) atoms. The monoisotopic (exact) mass is 278 g/mol. The lowest BCUT2D eigenvalue weighted by Gasteiger charge is -2.09. The average molecular weight is 279 g/mol. The van der Waals surface area contributed by atoms with Crippen LogP contribution in [0.5, 0.6) is 0 Å². The number of benzene rings is 1. The molecule has 0 atom stereocenters. The van der Waals surface area contributed by atoms with Crippen LogP contribution in [0.2, 0.25) is 4.34 Å². The Hall–Kier alpha value is -1.03. The van der Waals surface area contributed by atoms with E-state index < -0.39 is 0 Å². The van der Waals surface area contributed by atoms with Crippen LogP contribution in [0.25, 0.3) is 0 Å². The van der Waals surface area contributed by atoms with Crippen molar-refractivity contribution in [2.45, 2.75) is 19.5 Å². The molecular weight excluding hydrogens is 264 g/mol. The van der Waals surface area contributed by atoms with Crippen LogP contribution in [0, 0.1) is 0 Å². The fraction of sp³-hybridized carbons (Fsp3) is 0.286. The average Bonchev–Trinajstić information content (AvgIpc) is 2.98. The molecule has 0 radical (unpaired) electrons. The molecule has 2 N–H and O–H groups in total. The fourth-order valence-electron chi connectivity index (χ4n) is 2.33. The number of nitrogens with one attached hydrogen (secondary N) is 2. The zero-order chi connectivity index (χ0) is 12.4. The summed E-state index contributed by atoms with van der Waals surface area (Å²) in [5.41, 5.74) is 4.12. The number of para-hydroxylation sites is 1. The Morgan fingerprint density at radius 2 is 2.17 bits per heavy atom. The smallest absolute Gasteiger partial charge is 0.0931 e. The molecule has 1 aromatic carbocycles. The van der Waals surface area contributed by atoms with Crippen molar-refractivity contribution in [2.75, 3.05) is 11.9 Å². The third-order valence-electron chi connectivity index (χ3n) is 3.18. The van der Waals surface area contributed by atoms with Gasteiger partial charge in [-0.15, -0.1) is 11.3 Å². The van der Waals surface area contributed by atoms with Crippen LogP contribution in [0.3, 0.4) is 0 Å². The lowest BCUT2D eigenvalue weighted by molar-refractivity contribution is 0.702. The summed E-state index contributed by atoms with van der Waals surface area (Å²) in [6.45, 7) is 2.83. The highest BCUT2D eigenvalue weighted by Crippen LogP contribution is 2.26. The van der Waals surface area contributed by atoms with Gasteiger partial charge >= 0.3 is 0 Å². The minimum absolute atomic E-state index is 0.856. The molecule has 1 aliphatic rings. The maximum Gasteiger partial charge on any atom is 0.0931 e. The Morgan fingerprint density at radius 3 is 3.00 bits per heavy atom. The van der Waals surface area contributed by atoms with Gasteiger partial charge in [0.1, 0.15) is 0 Å². The molecule has 0 fully saturated rings. The highest BCUT2D eigenvalue weighted by molar-refractivity contribution is 7.16. The minimum Gasteiger partial charge on any atom is -0.384 e. The molecule has 0 spiro atoms. The zero-order valence-corrected chi connectivity index (χ0v) is 11.6. The van der Waals surface area contributed by atoms with Crippen molar-refractivity contribution in [1.82, 2.24) is 5.32 Å². The van der Waals surface area contributed by atoms with E-state index in [9.17, 15) is 0 Å². The number of fused-ring (bicyclic) bond motifs is 1. The van der Waals surface area contributed by atoms with Crippen molar-refractivity contribution < 1.29 is 0 Å². The van der Waals surface area contributed by atoms with Crippen molar-refractivity contribution in [1.29, 1.82) is 0 Å². The standard InChI is InChI=1S/C14H15ClN2S/c15-13-5-4-12(18-13)9-16-8-11-3-1-2-10-6-7-17-14(10)11/h1-5,16-17H,6-9H2. The van der Waals surface area contributed by atoms with E-state index in [4.69, 9.17) is 11.6 Å². The number of thiophene rings is 1. The number of halogens is 1. The summed E-state index contributed by atoms with van der Waals surface area (Å²) in [5, 5.41) is 6.94. The second-order valence-corrected chi connectivity index (χ2v) is 6.24. The molecule has 2 heterocycles. The number of hydrogen-bond acceptors (Lipinski definition) is 3. The van der Waals surface area contributed by atoms with Gasteiger partial charge in [0.15, 0.2) is 0 Å². The summed E-state index contributed by atoms with van der Waals surface area (Å²) in [4.78, 5) is 1.28. The highest BCUT2D eigenvalue weighted by atomic mass is 35.5. The van der Waals surface area contributed by atoms with Gasteiger partial charge in [-0.25, -0.2) is 0 Å². The molecular formula is C14H15ClN2S. The van der Waals surface area contributed by atoms with Crippen LogP contribution in [0.4, 0.5) is 5.69 Å². The van der Waals surface area contributed by atoms with Gasteiger partial charge in [-0.1, -0.05) is 29.8 Å². The van der Waals surface area contributed by atoms with Gasteiger partial charge in [-0.05, 0) is 29.7 Å². The van der Waals surface area contributed by atoms with Gasteiger partial charge < -0.3 is 10.6 Å².